The molecule has 0 unspecified atom stereocenters. The highest BCUT2D eigenvalue weighted by Crippen LogP contribution is 2.11. The lowest BCUT2D eigenvalue weighted by molar-refractivity contribution is -0.114. The molecule has 3 heteroatoms. The first kappa shape index (κ1) is 9.48. The fourth-order valence-electron chi connectivity index (χ4n) is 1.04. The van der Waals surface area contributed by atoms with Crippen molar-refractivity contribution < 1.29 is 4.79 Å². The number of nitrogens with zero attached hydrogens (tertiary/aromatic N) is 1. The van der Waals surface area contributed by atoms with Gasteiger partial charge in [0.25, 0.3) is 5.91 Å². The van der Waals surface area contributed by atoms with E-state index in [1.54, 1.807) is 0 Å². The average Bonchev–Trinajstić information content (AvgIpc) is 2.20. The Labute approximate surface area is 77.5 Å². The zero-order valence-electron chi connectivity index (χ0n) is 7.31. The summed E-state index contributed by atoms with van der Waals surface area (Å²) in [5.74, 6) is -0.186. The van der Waals surface area contributed by atoms with Crippen molar-refractivity contribution in [2.45, 2.75) is 0 Å². The Morgan fingerprint density at radius 1 is 1.46 bits per heavy atom. The van der Waals surface area contributed by atoms with Gasteiger partial charge in [0, 0.05) is 5.69 Å². The lowest BCUT2D eigenvalue weighted by Crippen LogP contribution is -2.34. The van der Waals surface area contributed by atoms with Gasteiger partial charge >= 0.3 is 0 Å². The minimum atomic E-state index is -0.186. The first-order chi connectivity index (χ1) is 6.29. The molecular formula is C10H12N2O. The molecule has 1 aromatic carbocycles. The number of hydrogen-bond donors (Lipinski definition) is 1. The van der Waals surface area contributed by atoms with Gasteiger partial charge in [-0.15, -0.1) is 0 Å². The number of carbonyl (C=O) groups excluding carboxylic acids is 1. The van der Waals surface area contributed by atoms with Gasteiger partial charge in [-0.05, 0) is 18.2 Å². The van der Waals surface area contributed by atoms with Crippen molar-refractivity contribution in [2.75, 3.05) is 11.6 Å². The molecule has 0 aliphatic heterocycles. The summed E-state index contributed by atoms with van der Waals surface area (Å²) in [4.78, 5) is 12.7. The second-order valence-electron chi connectivity index (χ2n) is 2.49. The van der Waals surface area contributed by atoms with Gasteiger partial charge in [-0.3, -0.25) is 9.69 Å². The smallest absolute Gasteiger partial charge is 0.251 e. The molecule has 68 valence electrons. The van der Waals surface area contributed by atoms with Gasteiger partial charge in [-0.1, -0.05) is 24.8 Å². The van der Waals surface area contributed by atoms with Crippen LogP contribution in [0.3, 0.4) is 0 Å². The largest absolute Gasteiger partial charge is 0.313 e. The van der Waals surface area contributed by atoms with E-state index < -0.39 is 0 Å². The van der Waals surface area contributed by atoms with E-state index in [4.69, 9.17) is 5.73 Å². The van der Waals surface area contributed by atoms with Crippen molar-refractivity contribution in [2.24, 2.45) is 5.73 Å². The normalized spacial score (nSPS) is 9.31. The molecule has 13 heavy (non-hydrogen) atoms. The van der Waals surface area contributed by atoms with Gasteiger partial charge in [0.2, 0.25) is 0 Å². The summed E-state index contributed by atoms with van der Waals surface area (Å²) >= 11 is 0. The maximum atomic E-state index is 11.3. The molecule has 0 aromatic heterocycles. The van der Waals surface area contributed by atoms with Gasteiger partial charge in [-0.2, -0.15) is 0 Å². The van der Waals surface area contributed by atoms with Gasteiger partial charge < -0.3 is 5.73 Å². The molecule has 0 aliphatic carbocycles. The number of rotatable bonds is 3. The number of nitrogens with two attached hydrogens (primary N) is 1. The molecule has 0 aliphatic rings. The van der Waals surface area contributed by atoms with Crippen LogP contribution in [0.15, 0.2) is 43.0 Å². The van der Waals surface area contributed by atoms with Crippen molar-refractivity contribution >= 4 is 11.6 Å². The Balaban J connectivity index is 2.91. The van der Waals surface area contributed by atoms with E-state index in [1.165, 1.54) is 11.0 Å². The van der Waals surface area contributed by atoms with Crippen molar-refractivity contribution in [1.29, 1.82) is 0 Å². The van der Waals surface area contributed by atoms with Crippen LogP contribution in [0, 0.1) is 0 Å². The molecule has 2 N–H and O–H groups in total. The first-order valence-electron chi connectivity index (χ1n) is 3.98. The molecular weight excluding hydrogens is 164 g/mol. The van der Waals surface area contributed by atoms with Crippen LogP contribution in [0.5, 0.6) is 0 Å². The second kappa shape index (κ2) is 4.42. The summed E-state index contributed by atoms with van der Waals surface area (Å²) in [7, 11) is 0. The van der Waals surface area contributed by atoms with Crippen LogP contribution in [0.4, 0.5) is 5.69 Å². The monoisotopic (exact) mass is 176 g/mol. The van der Waals surface area contributed by atoms with Gasteiger partial charge in [0.1, 0.15) is 0 Å². The number of benzene rings is 1. The van der Waals surface area contributed by atoms with Crippen molar-refractivity contribution in [3.05, 3.63) is 43.0 Å². The standard InChI is InChI=1S/C10H12N2O/c1-2-10(13)12(8-11)9-6-4-3-5-7-9/h2-7H,1,8,11H2. The van der Waals surface area contributed by atoms with Crippen molar-refractivity contribution in [3.8, 4) is 0 Å². The van der Waals surface area contributed by atoms with Crippen LogP contribution >= 0.6 is 0 Å². The number of amides is 1. The third kappa shape index (κ3) is 2.16. The predicted molar refractivity (Wildman–Crippen MR) is 53.2 cm³/mol. The summed E-state index contributed by atoms with van der Waals surface area (Å²) in [6, 6.07) is 9.25. The van der Waals surface area contributed by atoms with Crippen LogP contribution in [-0.4, -0.2) is 12.6 Å². The first-order valence-corrected chi connectivity index (χ1v) is 3.98. The lowest BCUT2D eigenvalue weighted by Gasteiger charge is -2.18. The topological polar surface area (TPSA) is 46.3 Å². The van der Waals surface area contributed by atoms with E-state index >= 15 is 0 Å². The van der Waals surface area contributed by atoms with E-state index in [-0.39, 0.29) is 12.6 Å². The van der Waals surface area contributed by atoms with Gasteiger partial charge in [-0.25, -0.2) is 0 Å². The van der Waals surface area contributed by atoms with E-state index in [0.717, 1.165) is 5.69 Å². The van der Waals surface area contributed by atoms with Crippen molar-refractivity contribution in [3.63, 3.8) is 0 Å². The zero-order chi connectivity index (χ0) is 9.68. The van der Waals surface area contributed by atoms with E-state index in [9.17, 15) is 4.79 Å². The molecule has 0 atom stereocenters. The Kier molecular flexibility index (Phi) is 3.23. The molecule has 3 nitrogen and oxygen atoms in total. The Morgan fingerprint density at radius 3 is 2.54 bits per heavy atom. The summed E-state index contributed by atoms with van der Waals surface area (Å²) < 4.78 is 0. The minimum absolute atomic E-state index is 0.162. The lowest BCUT2D eigenvalue weighted by atomic mass is 10.3. The number of anilines is 1. The van der Waals surface area contributed by atoms with E-state index in [0.29, 0.717) is 0 Å². The van der Waals surface area contributed by atoms with Gasteiger partial charge in [0.15, 0.2) is 0 Å². The summed E-state index contributed by atoms with van der Waals surface area (Å²) in [6.45, 7) is 3.57. The quantitative estimate of drug-likeness (QED) is 0.554. The van der Waals surface area contributed by atoms with Crippen molar-refractivity contribution in [1.82, 2.24) is 0 Å². The molecule has 1 rings (SSSR count). The number of hydrogen-bond acceptors (Lipinski definition) is 2. The molecule has 0 saturated heterocycles. The molecule has 0 heterocycles. The molecule has 0 saturated carbocycles. The molecule has 0 bridgehead atoms. The van der Waals surface area contributed by atoms with E-state index in [2.05, 4.69) is 6.58 Å². The maximum Gasteiger partial charge on any atom is 0.251 e. The Bertz CT molecular complexity index is 295. The fourth-order valence-corrected chi connectivity index (χ4v) is 1.04. The maximum absolute atomic E-state index is 11.3. The minimum Gasteiger partial charge on any atom is -0.313 e. The molecule has 1 aromatic rings. The molecule has 1 amide bonds. The highest BCUT2D eigenvalue weighted by Gasteiger charge is 2.08. The molecule has 0 fully saturated rings. The highest BCUT2D eigenvalue weighted by atomic mass is 16.2. The Hall–Kier alpha value is -1.61. The fraction of sp³-hybridized carbons (Fsp3) is 0.100. The number of para-hydroxylation sites is 1. The number of carbonyl (C=O) groups is 1. The third-order valence-corrected chi connectivity index (χ3v) is 1.69. The van der Waals surface area contributed by atoms with Crippen LogP contribution in [0.2, 0.25) is 0 Å². The predicted octanol–water partition coefficient (Wildman–Crippen LogP) is 1.12. The van der Waals surface area contributed by atoms with Crippen LogP contribution in [-0.2, 0) is 4.79 Å². The summed E-state index contributed by atoms with van der Waals surface area (Å²) in [5.41, 5.74) is 6.23. The van der Waals surface area contributed by atoms with E-state index in [1.807, 2.05) is 30.3 Å². The molecule has 0 spiro atoms. The Morgan fingerprint density at radius 2 is 2.08 bits per heavy atom. The van der Waals surface area contributed by atoms with Gasteiger partial charge in [0.05, 0.1) is 6.67 Å². The molecule has 0 radical (unpaired) electrons. The zero-order valence-corrected chi connectivity index (χ0v) is 7.31. The average molecular weight is 176 g/mol. The SMILES string of the molecule is C=CC(=O)N(CN)c1ccccc1. The summed E-state index contributed by atoms with van der Waals surface area (Å²) in [6.07, 6.45) is 1.25. The second-order valence-corrected chi connectivity index (χ2v) is 2.49. The third-order valence-electron chi connectivity index (χ3n) is 1.69. The van der Waals surface area contributed by atoms with Crippen LogP contribution in [0.25, 0.3) is 0 Å². The van der Waals surface area contributed by atoms with Crippen LogP contribution in [0.1, 0.15) is 0 Å². The summed E-state index contributed by atoms with van der Waals surface area (Å²) in [5, 5.41) is 0. The highest BCUT2D eigenvalue weighted by molar-refractivity contribution is 6.00. The van der Waals surface area contributed by atoms with Crippen LogP contribution < -0.4 is 10.6 Å².